The molecular formula is C30H47N3. The number of benzene rings is 2. The number of hydrogen-bond donors (Lipinski definition) is 1. The van der Waals surface area contributed by atoms with Crippen molar-refractivity contribution < 1.29 is 0 Å². The van der Waals surface area contributed by atoms with Crippen molar-refractivity contribution in [1.82, 2.24) is 4.90 Å². The number of anilines is 1. The van der Waals surface area contributed by atoms with E-state index in [0.29, 0.717) is 23.7 Å². The van der Waals surface area contributed by atoms with Crippen LogP contribution in [0.1, 0.15) is 114 Å². The molecule has 0 fully saturated rings. The van der Waals surface area contributed by atoms with Crippen LogP contribution in [0.4, 0.5) is 11.4 Å². The Kier molecular flexibility index (Phi) is 10.2. The van der Waals surface area contributed by atoms with Crippen molar-refractivity contribution in [2.45, 2.75) is 91.9 Å². The van der Waals surface area contributed by atoms with Gasteiger partial charge in [0.2, 0.25) is 0 Å². The third-order valence-corrected chi connectivity index (χ3v) is 6.25. The van der Waals surface area contributed by atoms with E-state index in [1.807, 2.05) is 0 Å². The summed E-state index contributed by atoms with van der Waals surface area (Å²) in [5.41, 5.74) is 7.79. The Morgan fingerprint density at radius 3 is 1.55 bits per heavy atom. The molecule has 0 saturated carbocycles. The molecule has 3 nitrogen and oxygen atoms in total. The molecule has 0 atom stereocenters. The smallest absolute Gasteiger partial charge is 0.107 e. The Balaban J connectivity index is 2.65. The molecular weight excluding hydrogens is 402 g/mol. The lowest BCUT2D eigenvalue weighted by molar-refractivity contribution is 0.404. The zero-order valence-electron chi connectivity index (χ0n) is 22.8. The van der Waals surface area contributed by atoms with Gasteiger partial charge in [0.25, 0.3) is 0 Å². The molecule has 0 radical (unpaired) electrons. The van der Waals surface area contributed by atoms with Gasteiger partial charge in [0.15, 0.2) is 0 Å². The summed E-state index contributed by atoms with van der Waals surface area (Å²) in [4.78, 5) is 7.63. The highest BCUT2D eigenvalue weighted by Crippen LogP contribution is 2.36. The highest BCUT2D eigenvalue weighted by atomic mass is 15.1. The van der Waals surface area contributed by atoms with E-state index >= 15 is 0 Å². The van der Waals surface area contributed by atoms with Crippen LogP contribution in [0, 0.1) is 0 Å². The topological polar surface area (TPSA) is 27.6 Å². The molecule has 0 unspecified atom stereocenters. The van der Waals surface area contributed by atoms with E-state index in [1.54, 1.807) is 0 Å². The van der Waals surface area contributed by atoms with Crippen molar-refractivity contribution in [2.75, 3.05) is 26.0 Å². The molecule has 0 saturated heterocycles. The zero-order valence-corrected chi connectivity index (χ0v) is 22.8. The summed E-state index contributed by atoms with van der Waals surface area (Å²) in [6.07, 6.45) is 1.99. The van der Waals surface area contributed by atoms with Crippen LogP contribution in [0.5, 0.6) is 0 Å². The molecule has 2 rings (SSSR count). The van der Waals surface area contributed by atoms with Crippen molar-refractivity contribution in [2.24, 2.45) is 4.99 Å². The van der Waals surface area contributed by atoms with E-state index in [9.17, 15) is 0 Å². The summed E-state index contributed by atoms with van der Waals surface area (Å²) in [6, 6.07) is 13.4. The van der Waals surface area contributed by atoms with Gasteiger partial charge in [0.05, 0.1) is 5.69 Å². The van der Waals surface area contributed by atoms with E-state index in [0.717, 1.165) is 30.9 Å². The van der Waals surface area contributed by atoms with Gasteiger partial charge in [-0.15, -0.1) is 0 Å². The summed E-state index contributed by atoms with van der Waals surface area (Å²) >= 11 is 0. The molecule has 0 aromatic heterocycles. The van der Waals surface area contributed by atoms with Crippen molar-refractivity contribution in [1.29, 1.82) is 0 Å². The second-order valence-electron chi connectivity index (χ2n) is 10.8. The molecule has 0 heterocycles. The monoisotopic (exact) mass is 449 g/mol. The molecule has 33 heavy (non-hydrogen) atoms. The molecule has 0 aliphatic carbocycles. The number of amidine groups is 1. The predicted molar refractivity (Wildman–Crippen MR) is 148 cm³/mol. The first-order valence-corrected chi connectivity index (χ1v) is 12.8. The summed E-state index contributed by atoms with van der Waals surface area (Å²) in [6.45, 7) is 19.2. The van der Waals surface area contributed by atoms with Crippen LogP contribution >= 0.6 is 0 Å². The van der Waals surface area contributed by atoms with E-state index < -0.39 is 0 Å². The normalized spacial score (nSPS) is 12.6. The fraction of sp³-hybridized carbons (Fsp3) is 0.567. The zero-order chi connectivity index (χ0) is 24.7. The third kappa shape index (κ3) is 7.43. The Morgan fingerprint density at radius 1 is 0.727 bits per heavy atom. The van der Waals surface area contributed by atoms with Crippen molar-refractivity contribution in [3.63, 3.8) is 0 Å². The fourth-order valence-electron chi connectivity index (χ4n) is 4.32. The maximum Gasteiger partial charge on any atom is 0.107 e. The Hall–Kier alpha value is -2.13. The van der Waals surface area contributed by atoms with Crippen LogP contribution in [0.15, 0.2) is 41.4 Å². The van der Waals surface area contributed by atoms with Gasteiger partial charge in [-0.25, -0.2) is 4.99 Å². The number of rotatable bonds is 10. The van der Waals surface area contributed by atoms with Gasteiger partial charge in [0, 0.05) is 12.1 Å². The average Bonchev–Trinajstić information content (AvgIpc) is 2.72. The Labute approximate surface area is 203 Å². The van der Waals surface area contributed by atoms with Crippen LogP contribution in [-0.4, -0.2) is 31.4 Å². The van der Waals surface area contributed by atoms with Crippen LogP contribution in [0.3, 0.4) is 0 Å². The SMILES string of the molecule is CC(C)c1cccc(C(C)C)c1N=C(CCCN(C)C)Nc1c(C(C)C)cccc1C(C)C. The lowest BCUT2D eigenvalue weighted by Gasteiger charge is -2.23. The minimum Gasteiger partial charge on any atom is -0.343 e. The van der Waals surface area contributed by atoms with Gasteiger partial charge in [-0.05, 0) is 73.0 Å². The van der Waals surface area contributed by atoms with Crippen molar-refractivity contribution in [3.05, 3.63) is 58.7 Å². The van der Waals surface area contributed by atoms with Crippen molar-refractivity contribution >= 4 is 17.2 Å². The van der Waals surface area contributed by atoms with Crippen LogP contribution in [0.2, 0.25) is 0 Å². The summed E-state index contributed by atoms with van der Waals surface area (Å²) in [5.74, 6) is 2.83. The first-order chi connectivity index (χ1) is 15.5. The van der Waals surface area contributed by atoms with Gasteiger partial charge in [0.1, 0.15) is 5.84 Å². The first kappa shape index (κ1) is 27.1. The maximum absolute atomic E-state index is 5.38. The first-order valence-electron chi connectivity index (χ1n) is 12.8. The number of para-hydroxylation sites is 2. The predicted octanol–water partition coefficient (Wildman–Crippen LogP) is 8.66. The number of hydrogen-bond acceptors (Lipinski definition) is 2. The molecule has 0 spiro atoms. The summed E-state index contributed by atoms with van der Waals surface area (Å²) in [5, 5.41) is 3.86. The highest BCUT2D eigenvalue weighted by molar-refractivity contribution is 5.99. The van der Waals surface area contributed by atoms with E-state index in [1.165, 1.54) is 27.9 Å². The van der Waals surface area contributed by atoms with Crippen LogP contribution < -0.4 is 5.32 Å². The van der Waals surface area contributed by atoms with E-state index in [4.69, 9.17) is 4.99 Å². The molecule has 1 N–H and O–H groups in total. The highest BCUT2D eigenvalue weighted by Gasteiger charge is 2.18. The number of nitrogens with zero attached hydrogens (tertiary/aromatic N) is 2. The lowest BCUT2D eigenvalue weighted by atomic mass is 9.92. The molecule has 0 aliphatic rings. The van der Waals surface area contributed by atoms with E-state index in [2.05, 4.69) is 116 Å². The standard InChI is InChI=1S/C30H47N3/c1-20(2)24-14-11-15-25(21(3)4)29(24)31-28(18-13-19-33(9)10)32-30-26(22(5)6)16-12-17-27(30)23(7)8/h11-12,14-17,20-23H,13,18-19H2,1-10H3,(H,31,32). The minimum absolute atomic E-state index is 0.430. The Morgan fingerprint density at radius 2 is 1.15 bits per heavy atom. The van der Waals surface area contributed by atoms with Crippen LogP contribution in [-0.2, 0) is 0 Å². The largest absolute Gasteiger partial charge is 0.343 e. The maximum atomic E-state index is 5.38. The van der Waals surface area contributed by atoms with Crippen molar-refractivity contribution in [3.8, 4) is 0 Å². The molecule has 0 bridgehead atoms. The lowest BCUT2D eigenvalue weighted by Crippen LogP contribution is -2.19. The average molecular weight is 450 g/mol. The molecule has 2 aromatic carbocycles. The quantitative estimate of drug-likeness (QED) is 0.290. The van der Waals surface area contributed by atoms with Gasteiger partial charge in [-0.1, -0.05) is 91.8 Å². The van der Waals surface area contributed by atoms with Gasteiger partial charge < -0.3 is 10.2 Å². The molecule has 2 aromatic rings. The Bertz CT molecular complexity index is 868. The van der Waals surface area contributed by atoms with Gasteiger partial charge in [-0.2, -0.15) is 0 Å². The molecule has 182 valence electrons. The number of nitrogens with one attached hydrogen (secondary N) is 1. The second kappa shape index (κ2) is 12.4. The molecule has 0 amide bonds. The fourth-order valence-corrected chi connectivity index (χ4v) is 4.32. The number of aliphatic imine (C=N–C) groups is 1. The third-order valence-electron chi connectivity index (χ3n) is 6.25. The van der Waals surface area contributed by atoms with Crippen LogP contribution in [0.25, 0.3) is 0 Å². The van der Waals surface area contributed by atoms with Gasteiger partial charge >= 0.3 is 0 Å². The molecule has 0 aliphatic heterocycles. The van der Waals surface area contributed by atoms with Gasteiger partial charge in [-0.3, -0.25) is 0 Å². The summed E-state index contributed by atoms with van der Waals surface area (Å²) in [7, 11) is 4.28. The minimum atomic E-state index is 0.430. The second-order valence-corrected chi connectivity index (χ2v) is 10.8. The summed E-state index contributed by atoms with van der Waals surface area (Å²) < 4.78 is 0. The molecule has 3 heteroatoms. The van der Waals surface area contributed by atoms with E-state index in [-0.39, 0.29) is 0 Å².